The predicted octanol–water partition coefficient (Wildman–Crippen LogP) is 4.38. The number of nitrogens with one attached hydrogen (secondary N) is 1. The minimum Gasteiger partial charge on any atom is -0.427 e. The van der Waals surface area contributed by atoms with Crippen molar-refractivity contribution in [2.45, 2.75) is 18.6 Å². The molecule has 9 heteroatoms. The third kappa shape index (κ3) is 4.11. The van der Waals surface area contributed by atoms with Crippen LogP contribution >= 0.6 is 12.4 Å². The van der Waals surface area contributed by atoms with Gasteiger partial charge in [0.15, 0.2) is 0 Å². The average molecular weight is 445 g/mol. The molecule has 0 unspecified atom stereocenters. The van der Waals surface area contributed by atoms with Crippen LogP contribution in [0.1, 0.15) is 22.0 Å². The van der Waals surface area contributed by atoms with Gasteiger partial charge in [0, 0.05) is 25.6 Å². The van der Waals surface area contributed by atoms with Gasteiger partial charge in [0.1, 0.15) is 5.75 Å². The Morgan fingerprint density at radius 1 is 1.07 bits per heavy atom. The smallest absolute Gasteiger partial charge is 0.427 e. The highest BCUT2D eigenvalue weighted by Crippen LogP contribution is 2.44. The molecule has 2 aliphatic heterocycles. The first-order valence-corrected chi connectivity index (χ1v) is 9.39. The lowest BCUT2D eigenvalue weighted by molar-refractivity contribution is -0.253. The molecule has 3 atom stereocenters. The van der Waals surface area contributed by atoms with Gasteiger partial charge in [-0.3, -0.25) is 4.79 Å². The van der Waals surface area contributed by atoms with E-state index >= 15 is 0 Å². The number of halogens is 5. The van der Waals surface area contributed by atoms with Gasteiger partial charge in [0.05, 0.1) is 11.6 Å². The molecule has 30 heavy (non-hydrogen) atoms. The number of hydrogen-bond donors (Lipinski definition) is 1. The van der Waals surface area contributed by atoms with Crippen molar-refractivity contribution in [3.8, 4) is 5.75 Å². The third-order valence-corrected chi connectivity index (χ3v) is 5.58. The minimum atomic E-state index is -4.68. The van der Waals surface area contributed by atoms with Crippen LogP contribution in [-0.2, 0) is 0 Å². The van der Waals surface area contributed by atoms with E-state index in [1.807, 2.05) is 30.3 Å². The van der Waals surface area contributed by atoms with Crippen LogP contribution in [0, 0.1) is 11.8 Å². The van der Waals surface area contributed by atoms with Gasteiger partial charge in [0.2, 0.25) is 0 Å². The molecule has 0 spiro atoms. The third-order valence-electron chi connectivity index (χ3n) is 5.58. The normalized spacial score (nSPS) is 23.2. The first kappa shape index (κ1) is 22.4. The van der Waals surface area contributed by atoms with Crippen molar-refractivity contribution >= 4 is 18.3 Å². The number of benzene rings is 2. The SMILES string of the molecule is Cl.O=C(c1ccccc1OC(F)(F)C(F)F)N1C[C@@H]2CNC[C@@H]2[C@@H]1c1ccccc1. The van der Waals surface area contributed by atoms with E-state index in [9.17, 15) is 22.4 Å². The first-order valence-electron chi connectivity index (χ1n) is 9.39. The van der Waals surface area contributed by atoms with E-state index in [1.54, 1.807) is 4.90 Å². The standard InChI is InChI=1S/C21H20F4N2O2.ClH/c22-20(23)21(24,25)29-17-9-5-4-8-15(17)19(28)27-12-14-10-26-11-16(14)18(27)13-6-2-1-3-7-13;/h1-9,14,16,18,20,26H,10-12H2;1H/t14-,16-,18-;/m0./s1. The van der Waals surface area contributed by atoms with E-state index in [1.165, 1.54) is 18.2 Å². The number of rotatable bonds is 5. The highest BCUT2D eigenvalue weighted by Gasteiger charge is 2.48. The molecule has 2 heterocycles. The highest BCUT2D eigenvalue weighted by molar-refractivity contribution is 5.97. The van der Waals surface area contributed by atoms with Crippen LogP contribution in [0.15, 0.2) is 54.6 Å². The number of nitrogens with zero attached hydrogens (tertiary/aromatic N) is 1. The molecule has 2 fully saturated rings. The molecule has 2 aromatic rings. The molecule has 1 N–H and O–H groups in total. The summed E-state index contributed by atoms with van der Waals surface area (Å²) in [6.45, 7) is 1.96. The van der Waals surface area contributed by atoms with Crippen molar-refractivity contribution in [3.63, 3.8) is 0 Å². The van der Waals surface area contributed by atoms with Crippen LogP contribution < -0.4 is 10.1 Å². The van der Waals surface area contributed by atoms with Crippen LogP contribution in [0.3, 0.4) is 0 Å². The largest absolute Gasteiger partial charge is 0.461 e. The van der Waals surface area contributed by atoms with Gasteiger partial charge in [-0.25, -0.2) is 0 Å². The summed E-state index contributed by atoms with van der Waals surface area (Å²) >= 11 is 0. The lowest BCUT2D eigenvalue weighted by atomic mass is 9.89. The number of ether oxygens (including phenoxy) is 1. The number of amides is 1. The summed E-state index contributed by atoms with van der Waals surface area (Å²) < 4.78 is 56.4. The van der Waals surface area contributed by atoms with Crippen LogP contribution in [-0.4, -0.2) is 43.0 Å². The fourth-order valence-corrected chi connectivity index (χ4v) is 4.28. The molecular formula is C21H21ClF4N2O2. The van der Waals surface area contributed by atoms with E-state index in [0.29, 0.717) is 6.54 Å². The molecule has 0 aliphatic carbocycles. The molecule has 2 aromatic carbocycles. The quantitative estimate of drug-likeness (QED) is 0.696. The summed E-state index contributed by atoms with van der Waals surface area (Å²) in [5, 5.41) is 3.33. The fraction of sp³-hybridized carbons (Fsp3) is 0.381. The number of para-hydroxylation sites is 1. The van der Waals surface area contributed by atoms with E-state index < -0.39 is 24.2 Å². The Balaban J connectivity index is 0.00000256. The Morgan fingerprint density at radius 3 is 2.43 bits per heavy atom. The zero-order valence-electron chi connectivity index (χ0n) is 15.8. The molecule has 0 aromatic heterocycles. The van der Waals surface area contributed by atoms with Crippen LogP contribution in [0.4, 0.5) is 17.6 Å². The summed E-state index contributed by atoms with van der Waals surface area (Å²) in [6.07, 6.45) is -8.68. The summed E-state index contributed by atoms with van der Waals surface area (Å²) in [4.78, 5) is 15.0. The summed E-state index contributed by atoms with van der Waals surface area (Å²) in [6, 6.07) is 14.6. The molecular weight excluding hydrogens is 424 g/mol. The maximum absolute atomic E-state index is 13.5. The van der Waals surface area contributed by atoms with Crippen LogP contribution in [0.2, 0.25) is 0 Å². The Labute approximate surface area is 177 Å². The van der Waals surface area contributed by atoms with E-state index in [2.05, 4.69) is 10.1 Å². The number of likely N-dealkylation sites (tertiary alicyclic amines) is 1. The van der Waals surface area contributed by atoms with Crippen molar-refractivity contribution in [1.82, 2.24) is 10.2 Å². The molecule has 4 rings (SSSR count). The van der Waals surface area contributed by atoms with Crippen molar-refractivity contribution in [2.75, 3.05) is 19.6 Å². The minimum absolute atomic E-state index is 0. The van der Waals surface area contributed by atoms with Crippen molar-refractivity contribution in [1.29, 1.82) is 0 Å². The Morgan fingerprint density at radius 2 is 1.73 bits per heavy atom. The van der Waals surface area contributed by atoms with Gasteiger partial charge in [0.25, 0.3) is 5.91 Å². The van der Waals surface area contributed by atoms with Crippen LogP contribution in [0.5, 0.6) is 5.75 Å². The van der Waals surface area contributed by atoms with Crippen molar-refractivity contribution in [2.24, 2.45) is 11.8 Å². The van der Waals surface area contributed by atoms with Crippen LogP contribution in [0.25, 0.3) is 0 Å². The maximum atomic E-state index is 13.5. The lowest BCUT2D eigenvalue weighted by Gasteiger charge is -2.29. The molecule has 0 saturated carbocycles. The van der Waals surface area contributed by atoms with E-state index in [-0.39, 0.29) is 35.8 Å². The number of hydrogen-bond acceptors (Lipinski definition) is 3. The van der Waals surface area contributed by atoms with E-state index in [0.717, 1.165) is 24.7 Å². The predicted molar refractivity (Wildman–Crippen MR) is 105 cm³/mol. The van der Waals surface area contributed by atoms with E-state index in [4.69, 9.17) is 0 Å². The second kappa shape index (κ2) is 8.81. The van der Waals surface area contributed by atoms with Gasteiger partial charge in [-0.2, -0.15) is 17.6 Å². The Hall–Kier alpha value is -2.32. The summed E-state index contributed by atoms with van der Waals surface area (Å²) in [5.74, 6) is -0.629. The van der Waals surface area contributed by atoms with Gasteiger partial charge < -0.3 is 15.0 Å². The number of carbonyl (C=O) groups excluding carboxylic acids is 1. The molecule has 2 aliphatic rings. The molecule has 2 saturated heterocycles. The number of fused-ring (bicyclic) bond motifs is 1. The maximum Gasteiger partial charge on any atom is 0.461 e. The second-order valence-corrected chi connectivity index (χ2v) is 7.36. The topological polar surface area (TPSA) is 41.6 Å². The average Bonchev–Trinajstić information content (AvgIpc) is 3.29. The Bertz CT molecular complexity index is 884. The van der Waals surface area contributed by atoms with Crippen molar-refractivity contribution in [3.05, 3.63) is 65.7 Å². The molecule has 4 nitrogen and oxygen atoms in total. The molecule has 162 valence electrons. The summed E-state index contributed by atoms with van der Waals surface area (Å²) in [7, 11) is 0. The highest BCUT2D eigenvalue weighted by atomic mass is 35.5. The zero-order chi connectivity index (χ0) is 20.6. The lowest BCUT2D eigenvalue weighted by Crippen LogP contribution is -2.37. The second-order valence-electron chi connectivity index (χ2n) is 7.36. The zero-order valence-corrected chi connectivity index (χ0v) is 16.6. The van der Waals surface area contributed by atoms with Crippen molar-refractivity contribution < 1.29 is 27.1 Å². The Kier molecular flexibility index (Phi) is 6.57. The fourth-order valence-electron chi connectivity index (χ4n) is 4.28. The molecule has 0 bridgehead atoms. The molecule has 1 amide bonds. The number of carbonyl (C=O) groups is 1. The van der Waals surface area contributed by atoms with Gasteiger partial charge >= 0.3 is 12.5 Å². The van der Waals surface area contributed by atoms with Gasteiger partial charge in [-0.1, -0.05) is 42.5 Å². The summed E-state index contributed by atoms with van der Waals surface area (Å²) in [5.41, 5.74) is 0.801. The van der Waals surface area contributed by atoms with Gasteiger partial charge in [-0.15, -0.1) is 12.4 Å². The monoisotopic (exact) mass is 444 g/mol. The van der Waals surface area contributed by atoms with Gasteiger partial charge in [-0.05, 0) is 23.6 Å². The molecule has 0 radical (unpaired) electrons. The number of alkyl halides is 4. The first-order chi connectivity index (χ1) is 13.9.